The number of rotatable bonds is 8. The van der Waals surface area contributed by atoms with Gasteiger partial charge < -0.3 is 15.4 Å². The molecule has 23 heavy (non-hydrogen) atoms. The molecular formula is C19H27N3O. The quantitative estimate of drug-likeness (QED) is 0.761. The van der Waals surface area contributed by atoms with Crippen LogP contribution >= 0.6 is 0 Å². The lowest BCUT2D eigenvalue weighted by molar-refractivity contribution is 0.259. The van der Waals surface area contributed by atoms with Crippen molar-refractivity contribution in [2.24, 2.45) is 0 Å². The van der Waals surface area contributed by atoms with Crippen LogP contribution in [-0.4, -0.2) is 36.1 Å². The minimum atomic E-state index is 0.453. The molecule has 0 saturated carbocycles. The fourth-order valence-electron chi connectivity index (χ4n) is 2.58. The van der Waals surface area contributed by atoms with Crippen molar-refractivity contribution in [1.82, 2.24) is 9.88 Å². The van der Waals surface area contributed by atoms with E-state index in [-0.39, 0.29) is 0 Å². The van der Waals surface area contributed by atoms with E-state index in [1.165, 1.54) is 11.1 Å². The molecule has 1 unspecified atom stereocenters. The normalized spacial score (nSPS) is 12.3. The van der Waals surface area contributed by atoms with Crippen LogP contribution < -0.4 is 10.5 Å². The van der Waals surface area contributed by atoms with E-state index in [9.17, 15) is 0 Å². The fourth-order valence-corrected chi connectivity index (χ4v) is 2.58. The van der Waals surface area contributed by atoms with Crippen LogP contribution in [0.4, 0.5) is 5.69 Å². The van der Waals surface area contributed by atoms with Gasteiger partial charge in [0.25, 0.3) is 0 Å². The molecule has 4 nitrogen and oxygen atoms in total. The second-order valence-corrected chi connectivity index (χ2v) is 5.94. The minimum absolute atomic E-state index is 0.453. The van der Waals surface area contributed by atoms with E-state index in [1.54, 1.807) is 0 Å². The average Bonchev–Trinajstić information content (AvgIpc) is 2.56. The Morgan fingerprint density at radius 1 is 1.17 bits per heavy atom. The molecule has 0 fully saturated rings. The Labute approximate surface area is 139 Å². The van der Waals surface area contributed by atoms with Crippen LogP contribution in [0.15, 0.2) is 42.7 Å². The summed E-state index contributed by atoms with van der Waals surface area (Å²) in [6.07, 6.45) is 5.71. The molecule has 1 heterocycles. The molecule has 0 bridgehead atoms. The topological polar surface area (TPSA) is 51.4 Å². The summed E-state index contributed by atoms with van der Waals surface area (Å²) in [5.74, 6) is 0.773. The summed E-state index contributed by atoms with van der Waals surface area (Å²) in [5.41, 5.74) is 9.34. The number of benzene rings is 1. The number of nitrogen functional groups attached to an aromatic ring is 1. The number of likely N-dealkylation sites (N-methyl/N-ethyl adjacent to an activating group) is 1. The Morgan fingerprint density at radius 3 is 2.57 bits per heavy atom. The van der Waals surface area contributed by atoms with E-state index < -0.39 is 0 Å². The summed E-state index contributed by atoms with van der Waals surface area (Å²) in [6, 6.07) is 10.7. The Hall–Kier alpha value is -2.07. The van der Waals surface area contributed by atoms with Crippen LogP contribution in [-0.2, 0) is 12.8 Å². The maximum Gasteiger partial charge on any atom is 0.142 e. The van der Waals surface area contributed by atoms with Crippen molar-refractivity contribution in [3.63, 3.8) is 0 Å². The molecule has 2 N–H and O–H groups in total. The summed E-state index contributed by atoms with van der Waals surface area (Å²) in [7, 11) is 2.17. The predicted octanol–water partition coefficient (Wildman–Crippen LogP) is 3.17. The van der Waals surface area contributed by atoms with Crippen molar-refractivity contribution in [3.05, 3.63) is 53.9 Å². The summed E-state index contributed by atoms with van der Waals surface area (Å²) in [6.45, 7) is 5.88. The number of anilines is 1. The van der Waals surface area contributed by atoms with Crippen molar-refractivity contribution in [1.29, 1.82) is 0 Å². The third-order valence-electron chi connectivity index (χ3n) is 4.16. The van der Waals surface area contributed by atoms with Crippen LogP contribution in [0.3, 0.4) is 0 Å². The number of ether oxygens (including phenoxy) is 1. The standard InChI is InChI=1S/C19H27N3O/c1-4-23-19-6-5-17(14-18(19)20)13-15(2)22(3)12-9-16-7-10-21-11-8-16/h5-8,10-11,14-15H,4,9,12-13,20H2,1-3H3. The smallest absolute Gasteiger partial charge is 0.142 e. The van der Waals surface area contributed by atoms with E-state index in [2.05, 4.69) is 42.1 Å². The first kappa shape index (κ1) is 17.3. The molecule has 0 aliphatic carbocycles. The summed E-state index contributed by atoms with van der Waals surface area (Å²) < 4.78 is 5.49. The van der Waals surface area contributed by atoms with Crippen LogP contribution in [0.2, 0.25) is 0 Å². The molecule has 2 aromatic rings. The monoisotopic (exact) mass is 313 g/mol. The van der Waals surface area contributed by atoms with Gasteiger partial charge in [-0.15, -0.1) is 0 Å². The first-order valence-corrected chi connectivity index (χ1v) is 8.20. The van der Waals surface area contributed by atoms with Gasteiger partial charge in [-0.3, -0.25) is 4.98 Å². The van der Waals surface area contributed by atoms with Gasteiger partial charge >= 0.3 is 0 Å². The lowest BCUT2D eigenvalue weighted by Crippen LogP contribution is -2.32. The van der Waals surface area contributed by atoms with Crippen LogP contribution in [0.5, 0.6) is 5.75 Å². The highest BCUT2D eigenvalue weighted by atomic mass is 16.5. The van der Waals surface area contributed by atoms with E-state index >= 15 is 0 Å². The molecule has 4 heteroatoms. The first-order chi connectivity index (χ1) is 11.1. The van der Waals surface area contributed by atoms with Crippen molar-refractivity contribution in [3.8, 4) is 5.75 Å². The second kappa shape index (κ2) is 8.53. The maximum atomic E-state index is 6.05. The molecule has 1 aromatic heterocycles. The van der Waals surface area contributed by atoms with E-state index in [0.29, 0.717) is 12.6 Å². The fraction of sp³-hybridized carbons (Fsp3) is 0.421. The van der Waals surface area contributed by atoms with Crippen molar-refractivity contribution in [2.45, 2.75) is 32.7 Å². The number of aromatic nitrogens is 1. The summed E-state index contributed by atoms with van der Waals surface area (Å²) in [4.78, 5) is 6.44. The third kappa shape index (κ3) is 5.25. The lowest BCUT2D eigenvalue weighted by Gasteiger charge is -2.25. The van der Waals surface area contributed by atoms with Gasteiger partial charge in [-0.25, -0.2) is 0 Å². The van der Waals surface area contributed by atoms with Gasteiger partial charge in [0.05, 0.1) is 12.3 Å². The van der Waals surface area contributed by atoms with E-state index in [4.69, 9.17) is 10.5 Å². The number of nitrogens with zero attached hydrogens (tertiary/aromatic N) is 2. The second-order valence-electron chi connectivity index (χ2n) is 5.94. The molecule has 0 spiro atoms. The van der Waals surface area contributed by atoms with Crippen LogP contribution in [0, 0.1) is 0 Å². The van der Waals surface area contributed by atoms with Gasteiger partial charge in [-0.1, -0.05) is 6.07 Å². The maximum absolute atomic E-state index is 6.05. The Kier molecular flexibility index (Phi) is 6.41. The molecule has 0 aliphatic heterocycles. The molecule has 0 amide bonds. The van der Waals surface area contributed by atoms with Gasteiger partial charge in [0.15, 0.2) is 0 Å². The zero-order valence-corrected chi connectivity index (χ0v) is 14.3. The highest BCUT2D eigenvalue weighted by Crippen LogP contribution is 2.23. The third-order valence-corrected chi connectivity index (χ3v) is 4.16. The number of hydrogen-bond acceptors (Lipinski definition) is 4. The minimum Gasteiger partial charge on any atom is -0.492 e. The van der Waals surface area contributed by atoms with Crippen molar-refractivity contribution < 1.29 is 4.74 Å². The van der Waals surface area contributed by atoms with Gasteiger partial charge in [0.1, 0.15) is 5.75 Å². The lowest BCUT2D eigenvalue weighted by atomic mass is 10.0. The van der Waals surface area contributed by atoms with Crippen LogP contribution in [0.1, 0.15) is 25.0 Å². The molecule has 1 aromatic carbocycles. The van der Waals surface area contributed by atoms with Gasteiger partial charge in [0, 0.05) is 25.0 Å². The highest BCUT2D eigenvalue weighted by molar-refractivity contribution is 5.54. The van der Waals surface area contributed by atoms with Crippen molar-refractivity contribution >= 4 is 5.69 Å². The number of pyridine rings is 1. The highest BCUT2D eigenvalue weighted by Gasteiger charge is 2.11. The van der Waals surface area contributed by atoms with Gasteiger partial charge in [-0.2, -0.15) is 0 Å². The molecule has 0 aliphatic rings. The predicted molar refractivity (Wildman–Crippen MR) is 95.8 cm³/mol. The van der Waals surface area contributed by atoms with E-state index in [1.807, 2.05) is 31.5 Å². The molecule has 0 radical (unpaired) electrons. The molecule has 2 rings (SSSR count). The summed E-state index contributed by atoms with van der Waals surface area (Å²) >= 11 is 0. The zero-order valence-electron chi connectivity index (χ0n) is 14.3. The molecule has 124 valence electrons. The molecule has 0 saturated heterocycles. The summed E-state index contributed by atoms with van der Waals surface area (Å²) in [5, 5.41) is 0. The molecule has 1 atom stereocenters. The largest absolute Gasteiger partial charge is 0.492 e. The average molecular weight is 313 g/mol. The Bertz CT molecular complexity index is 601. The van der Waals surface area contributed by atoms with Crippen molar-refractivity contribution in [2.75, 3.05) is 25.9 Å². The Balaban J connectivity index is 1.87. The van der Waals surface area contributed by atoms with Crippen LogP contribution in [0.25, 0.3) is 0 Å². The first-order valence-electron chi connectivity index (χ1n) is 8.20. The van der Waals surface area contributed by atoms with E-state index in [0.717, 1.165) is 30.8 Å². The number of nitrogens with two attached hydrogens (primary N) is 1. The van der Waals surface area contributed by atoms with Gasteiger partial charge in [-0.05, 0) is 69.1 Å². The Morgan fingerprint density at radius 2 is 1.91 bits per heavy atom. The molecular weight excluding hydrogens is 286 g/mol. The number of hydrogen-bond donors (Lipinski definition) is 1. The SMILES string of the molecule is CCOc1ccc(CC(C)N(C)CCc2ccncc2)cc1N. The zero-order chi connectivity index (χ0) is 16.7. The van der Waals surface area contributed by atoms with Gasteiger partial charge in [0.2, 0.25) is 0 Å².